The highest BCUT2D eigenvalue weighted by Crippen LogP contribution is 2.26. The highest BCUT2D eigenvalue weighted by atomic mass is 79.9. The molecule has 1 N–H and O–H groups in total. The molecule has 0 radical (unpaired) electrons. The lowest BCUT2D eigenvalue weighted by atomic mass is 10.2. The normalized spacial score (nSPS) is 15.3. The van der Waals surface area contributed by atoms with E-state index < -0.39 is 0 Å². The third-order valence-electron chi connectivity index (χ3n) is 4.04. The summed E-state index contributed by atoms with van der Waals surface area (Å²) in [6.07, 6.45) is 0. The van der Waals surface area contributed by atoms with E-state index in [9.17, 15) is 4.79 Å². The molecular formula is C18H19BrClN3O. The Kier molecular flexibility index (Phi) is 5.76. The van der Waals surface area contributed by atoms with Crippen molar-refractivity contribution in [2.75, 3.05) is 42.9 Å². The lowest BCUT2D eigenvalue weighted by molar-refractivity contribution is -0.117. The number of amides is 1. The summed E-state index contributed by atoms with van der Waals surface area (Å²) >= 11 is 9.67. The molecule has 1 aliphatic heterocycles. The molecule has 6 heteroatoms. The van der Waals surface area contributed by atoms with E-state index in [0.717, 1.165) is 47.0 Å². The summed E-state index contributed by atoms with van der Waals surface area (Å²) in [5, 5.41) is 3.71. The summed E-state index contributed by atoms with van der Waals surface area (Å²) in [5.41, 5.74) is 1.88. The molecule has 0 spiro atoms. The van der Waals surface area contributed by atoms with Crippen LogP contribution < -0.4 is 10.2 Å². The number of piperazine rings is 1. The van der Waals surface area contributed by atoms with Crippen molar-refractivity contribution in [2.45, 2.75) is 0 Å². The van der Waals surface area contributed by atoms with Crippen LogP contribution in [0.2, 0.25) is 5.02 Å². The van der Waals surface area contributed by atoms with E-state index in [1.54, 1.807) is 0 Å². The van der Waals surface area contributed by atoms with Crippen molar-refractivity contribution >= 4 is 44.8 Å². The van der Waals surface area contributed by atoms with Crippen LogP contribution in [0.25, 0.3) is 0 Å². The largest absolute Gasteiger partial charge is 0.368 e. The highest BCUT2D eigenvalue weighted by molar-refractivity contribution is 9.10. The second-order valence-corrected chi connectivity index (χ2v) is 7.10. The van der Waals surface area contributed by atoms with E-state index in [2.05, 4.69) is 31.0 Å². The molecule has 0 saturated carbocycles. The van der Waals surface area contributed by atoms with Crippen molar-refractivity contribution in [3.05, 3.63) is 58.0 Å². The molecule has 0 aromatic heterocycles. The molecule has 2 aromatic rings. The van der Waals surface area contributed by atoms with E-state index in [0.29, 0.717) is 6.54 Å². The number of nitrogens with zero attached hydrogens (tertiary/aromatic N) is 2. The van der Waals surface area contributed by atoms with Gasteiger partial charge in [0.1, 0.15) is 0 Å². The number of halogens is 2. The molecule has 0 unspecified atom stereocenters. The van der Waals surface area contributed by atoms with Crippen molar-refractivity contribution in [3.8, 4) is 0 Å². The second-order valence-electron chi connectivity index (χ2n) is 5.77. The third-order valence-corrected chi connectivity index (χ3v) is 4.85. The van der Waals surface area contributed by atoms with Gasteiger partial charge in [-0.25, -0.2) is 0 Å². The van der Waals surface area contributed by atoms with E-state index in [1.807, 2.05) is 48.5 Å². The molecule has 0 atom stereocenters. The van der Waals surface area contributed by atoms with Crippen LogP contribution in [0.4, 0.5) is 11.4 Å². The van der Waals surface area contributed by atoms with E-state index in [-0.39, 0.29) is 5.91 Å². The third kappa shape index (κ3) is 4.50. The van der Waals surface area contributed by atoms with Gasteiger partial charge in [0.05, 0.1) is 17.3 Å². The predicted molar refractivity (Wildman–Crippen MR) is 103 cm³/mol. The van der Waals surface area contributed by atoms with Crippen molar-refractivity contribution < 1.29 is 4.79 Å². The van der Waals surface area contributed by atoms with E-state index >= 15 is 0 Å². The van der Waals surface area contributed by atoms with Gasteiger partial charge in [0.2, 0.25) is 5.91 Å². The summed E-state index contributed by atoms with van der Waals surface area (Å²) in [4.78, 5) is 16.6. The van der Waals surface area contributed by atoms with Crippen molar-refractivity contribution in [1.82, 2.24) is 4.90 Å². The number of hydrogen-bond acceptors (Lipinski definition) is 3. The molecule has 24 heavy (non-hydrogen) atoms. The Labute approximate surface area is 155 Å². The van der Waals surface area contributed by atoms with Gasteiger partial charge in [-0.3, -0.25) is 9.69 Å². The number of carbonyl (C=O) groups excluding carboxylic acids is 1. The maximum absolute atomic E-state index is 12.2. The maximum atomic E-state index is 12.2. The number of hydrogen-bond donors (Lipinski definition) is 1. The van der Waals surface area contributed by atoms with Crippen LogP contribution >= 0.6 is 27.5 Å². The van der Waals surface area contributed by atoms with E-state index in [4.69, 9.17) is 11.6 Å². The smallest absolute Gasteiger partial charge is 0.238 e. The first kappa shape index (κ1) is 17.3. The Balaban J connectivity index is 1.50. The lowest BCUT2D eigenvalue weighted by Gasteiger charge is -2.36. The monoisotopic (exact) mass is 407 g/mol. The first-order chi connectivity index (χ1) is 11.6. The molecule has 2 aromatic carbocycles. The van der Waals surface area contributed by atoms with Crippen LogP contribution in [0.5, 0.6) is 0 Å². The Morgan fingerprint density at radius 3 is 2.54 bits per heavy atom. The number of anilines is 2. The minimum atomic E-state index is 0.0132. The fraction of sp³-hybridized carbons (Fsp3) is 0.278. The molecule has 1 fully saturated rings. The summed E-state index contributed by atoms with van der Waals surface area (Å²) < 4.78 is 0.952. The molecule has 3 rings (SSSR count). The Hall–Kier alpha value is -1.56. The van der Waals surface area contributed by atoms with Gasteiger partial charge >= 0.3 is 0 Å². The average molecular weight is 409 g/mol. The maximum Gasteiger partial charge on any atom is 0.238 e. The quantitative estimate of drug-likeness (QED) is 0.834. The van der Waals surface area contributed by atoms with Gasteiger partial charge in [-0.15, -0.1) is 0 Å². The zero-order valence-corrected chi connectivity index (χ0v) is 15.6. The molecule has 126 valence electrons. The van der Waals surface area contributed by atoms with Crippen LogP contribution in [0.3, 0.4) is 0 Å². The predicted octanol–water partition coefficient (Wildman–Crippen LogP) is 3.86. The Morgan fingerprint density at radius 2 is 1.83 bits per heavy atom. The van der Waals surface area contributed by atoms with Crippen molar-refractivity contribution in [2.24, 2.45) is 0 Å². The fourth-order valence-corrected chi connectivity index (χ4v) is 3.48. The fourth-order valence-electron chi connectivity index (χ4n) is 2.82. The van der Waals surface area contributed by atoms with Gasteiger partial charge in [-0.2, -0.15) is 0 Å². The molecule has 0 bridgehead atoms. The number of nitrogens with one attached hydrogen (secondary N) is 1. The van der Waals surface area contributed by atoms with E-state index in [1.165, 1.54) is 0 Å². The van der Waals surface area contributed by atoms with Gasteiger partial charge in [-0.1, -0.05) is 45.7 Å². The van der Waals surface area contributed by atoms with Crippen LogP contribution in [-0.2, 0) is 4.79 Å². The number of carbonyl (C=O) groups is 1. The zero-order chi connectivity index (χ0) is 16.9. The average Bonchev–Trinajstić information content (AvgIpc) is 2.56. The highest BCUT2D eigenvalue weighted by Gasteiger charge is 2.20. The first-order valence-electron chi connectivity index (χ1n) is 7.89. The second kappa shape index (κ2) is 8.01. The molecule has 1 aliphatic rings. The van der Waals surface area contributed by atoms with Crippen LogP contribution in [0.15, 0.2) is 53.0 Å². The zero-order valence-electron chi connectivity index (χ0n) is 13.2. The van der Waals surface area contributed by atoms with Crippen molar-refractivity contribution in [3.63, 3.8) is 0 Å². The molecule has 4 nitrogen and oxygen atoms in total. The minimum Gasteiger partial charge on any atom is -0.368 e. The van der Waals surface area contributed by atoms with Gasteiger partial charge in [-0.05, 0) is 30.3 Å². The molecule has 0 aliphatic carbocycles. The number of benzene rings is 2. The van der Waals surface area contributed by atoms with Gasteiger partial charge in [0.25, 0.3) is 0 Å². The van der Waals surface area contributed by atoms with Crippen LogP contribution in [-0.4, -0.2) is 43.5 Å². The lowest BCUT2D eigenvalue weighted by Crippen LogP contribution is -2.48. The van der Waals surface area contributed by atoms with Crippen LogP contribution in [0, 0.1) is 0 Å². The Morgan fingerprint density at radius 1 is 1.08 bits per heavy atom. The minimum absolute atomic E-state index is 0.0132. The molecule has 1 saturated heterocycles. The van der Waals surface area contributed by atoms with Gasteiger partial charge in [0, 0.05) is 36.3 Å². The molecule has 1 amide bonds. The summed E-state index contributed by atoms with van der Waals surface area (Å²) in [6, 6.07) is 15.5. The Bertz CT molecular complexity index is 717. The molecule has 1 heterocycles. The van der Waals surface area contributed by atoms with Gasteiger partial charge < -0.3 is 10.2 Å². The SMILES string of the molecule is O=C(CN1CCN(c2ccccc2Cl)CC1)Nc1cccc(Br)c1. The summed E-state index contributed by atoms with van der Waals surface area (Å²) in [6.45, 7) is 3.83. The standard InChI is InChI=1S/C18H19BrClN3O/c19-14-4-3-5-15(12-14)21-18(24)13-22-8-10-23(11-9-22)17-7-2-1-6-16(17)20/h1-7,12H,8-11,13H2,(H,21,24). The number of para-hydroxylation sites is 1. The van der Waals surface area contributed by atoms with Crippen LogP contribution in [0.1, 0.15) is 0 Å². The van der Waals surface area contributed by atoms with Crippen molar-refractivity contribution in [1.29, 1.82) is 0 Å². The summed E-state index contributed by atoms with van der Waals surface area (Å²) in [5.74, 6) is 0.0132. The van der Waals surface area contributed by atoms with Gasteiger partial charge in [0.15, 0.2) is 0 Å². The molecular weight excluding hydrogens is 390 g/mol. The summed E-state index contributed by atoms with van der Waals surface area (Å²) in [7, 11) is 0. The first-order valence-corrected chi connectivity index (χ1v) is 9.06. The number of rotatable bonds is 4. The topological polar surface area (TPSA) is 35.6 Å².